The number of benzene rings is 2. The van der Waals surface area contributed by atoms with Crippen LogP contribution in [0.25, 0.3) is 0 Å². The molecular formula is C17H17FN2O5S. The van der Waals surface area contributed by atoms with Crippen LogP contribution < -0.4 is 10.5 Å². The number of halogens is 1. The van der Waals surface area contributed by atoms with E-state index in [-0.39, 0.29) is 17.9 Å². The third-order valence-electron chi connectivity index (χ3n) is 3.36. The number of nitrogens with one attached hydrogen (secondary N) is 1. The largest absolute Gasteiger partial charge is 0.447 e. The minimum Gasteiger partial charge on any atom is -0.447 e. The molecule has 0 aliphatic rings. The third kappa shape index (κ3) is 5.36. The predicted molar refractivity (Wildman–Crippen MR) is 90.7 cm³/mol. The summed E-state index contributed by atoms with van der Waals surface area (Å²) in [5.74, 6) is -2.19. The van der Waals surface area contributed by atoms with Gasteiger partial charge in [-0.2, -0.15) is 0 Å². The van der Waals surface area contributed by atoms with Crippen molar-refractivity contribution in [2.24, 2.45) is 5.73 Å². The fraction of sp³-hybridized carbons (Fsp3) is 0.176. The van der Waals surface area contributed by atoms with Crippen LogP contribution in [0.5, 0.6) is 0 Å². The van der Waals surface area contributed by atoms with E-state index in [1.54, 1.807) is 30.3 Å². The smallest absolute Gasteiger partial charge is 0.308 e. The first-order valence-corrected chi connectivity index (χ1v) is 9.07. The summed E-state index contributed by atoms with van der Waals surface area (Å²) in [5, 5.41) is 0. The molecular weight excluding hydrogens is 363 g/mol. The highest BCUT2D eigenvalue weighted by Gasteiger charge is 2.22. The standard InChI is InChI=1S/C17H17FN2O5S/c18-13-6-8-14(9-7-13)26(23,24)20-11-10-15(21)25-16(17(19)22)12-4-2-1-3-5-12/h1-9,16,20H,10-11H2,(H2,19,22)/t16-/m0/s1. The van der Waals surface area contributed by atoms with Gasteiger partial charge >= 0.3 is 5.97 Å². The lowest BCUT2D eigenvalue weighted by atomic mass is 10.1. The number of sulfonamides is 1. The molecule has 0 unspecified atom stereocenters. The van der Waals surface area contributed by atoms with Gasteiger partial charge in [-0.05, 0) is 24.3 Å². The summed E-state index contributed by atoms with van der Waals surface area (Å²) in [4.78, 5) is 23.2. The summed E-state index contributed by atoms with van der Waals surface area (Å²) in [6, 6.07) is 12.5. The molecule has 0 bridgehead atoms. The lowest BCUT2D eigenvalue weighted by Gasteiger charge is -2.15. The van der Waals surface area contributed by atoms with Crippen LogP contribution in [0.3, 0.4) is 0 Å². The van der Waals surface area contributed by atoms with Crippen LogP contribution >= 0.6 is 0 Å². The van der Waals surface area contributed by atoms with E-state index >= 15 is 0 Å². The summed E-state index contributed by atoms with van der Waals surface area (Å²) < 4.78 is 44.1. The zero-order chi connectivity index (χ0) is 19.2. The Morgan fingerprint density at radius 3 is 2.27 bits per heavy atom. The Bertz CT molecular complexity index is 870. The van der Waals surface area contributed by atoms with Crippen LogP contribution in [0, 0.1) is 5.82 Å². The van der Waals surface area contributed by atoms with Gasteiger partial charge in [0.25, 0.3) is 5.91 Å². The van der Waals surface area contributed by atoms with E-state index in [1.807, 2.05) is 0 Å². The van der Waals surface area contributed by atoms with E-state index < -0.39 is 33.8 Å². The highest BCUT2D eigenvalue weighted by Crippen LogP contribution is 2.17. The molecule has 2 aromatic carbocycles. The highest BCUT2D eigenvalue weighted by atomic mass is 32.2. The Morgan fingerprint density at radius 2 is 1.69 bits per heavy atom. The first-order valence-electron chi connectivity index (χ1n) is 7.58. The van der Waals surface area contributed by atoms with Gasteiger partial charge in [-0.3, -0.25) is 9.59 Å². The quantitative estimate of drug-likeness (QED) is 0.669. The Kier molecular flexibility index (Phi) is 6.42. The number of hydrogen-bond donors (Lipinski definition) is 2. The summed E-state index contributed by atoms with van der Waals surface area (Å²) >= 11 is 0. The number of carbonyl (C=O) groups excluding carboxylic acids is 2. The van der Waals surface area contributed by atoms with E-state index in [1.165, 1.54) is 0 Å². The molecule has 7 nitrogen and oxygen atoms in total. The van der Waals surface area contributed by atoms with Crippen molar-refractivity contribution in [2.75, 3.05) is 6.54 Å². The van der Waals surface area contributed by atoms with Gasteiger partial charge in [0.05, 0.1) is 11.3 Å². The van der Waals surface area contributed by atoms with Gasteiger partial charge in [0.1, 0.15) is 5.82 Å². The minimum atomic E-state index is -3.89. The van der Waals surface area contributed by atoms with Gasteiger partial charge in [0.2, 0.25) is 16.1 Å². The van der Waals surface area contributed by atoms with Crippen molar-refractivity contribution in [3.8, 4) is 0 Å². The molecule has 9 heteroatoms. The molecule has 0 aliphatic heterocycles. The second-order valence-corrected chi connectivity index (χ2v) is 7.05. The van der Waals surface area contributed by atoms with Crippen LogP contribution in [-0.2, 0) is 24.3 Å². The van der Waals surface area contributed by atoms with Gasteiger partial charge in [-0.25, -0.2) is 17.5 Å². The molecule has 0 aromatic heterocycles. The van der Waals surface area contributed by atoms with Crippen LogP contribution in [0.1, 0.15) is 18.1 Å². The summed E-state index contributed by atoms with van der Waals surface area (Å²) in [6.07, 6.45) is -1.56. The summed E-state index contributed by atoms with van der Waals surface area (Å²) in [7, 11) is -3.89. The molecule has 0 fully saturated rings. The molecule has 138 valence electrons. The SMILES string of the molecule is NC(=O)[C@@H](OC(=O)CCNS(=O)(=O)c1ccc(F)cc1)c1ccccc1. The van der Waals surface area contributed by atoms with Crippen molar-refractivity contribution in [3.05, 3.63) is 66.0 Å². The summed E-state index contributed by atoms with van der Waals surface area (Å²) in [6.45, 7) is -0.251. The zero-order valence-electron chi connectivity index (χ0n) is 13.6. The van der Waals surface area contributed by atoms with Crippen LogP contribution in [0.15, 0.2) is 59.5 Å². The number of primary amides is 1. The molecule has 0 saturated heterocycles. The van der Waals surface area contributed by atoms with Crippen molar-refractivity contribution in [1.82, 2.24) is 4.72 Å². The topological polar surface area (TPSA) is 116 Å². The molecule has 0 saturated carbocycles. The van der Waals surface area contributed by atoms with Gasteiger partial charge in [-0.1, -0.05) is 30.3 Å². The first-order chi connectivity index (χ1) is 12.3. The molecule has 0 radical (unpaired) electrons. The fourth-order valence-corrected chi connectivity index (χ4v) is 3.12. The molecule has 2 aromatic rings. The maximum atomic E-state index is 12.8. The molecule has 1 atom stereocenters. The van der Waals surface area contributed by atoms with E-state index in [2.05, 4.69) is 4.72 Å². The van der Waals surface area contributed by atoms with Crippen molar-refractivity contribution in [3.63, 3.8) is 0 Å². The second-order valence-electron chi connectivity index (χ2n) is 5.28. The number of rotatable bonds is 8. The molecule has 0 spiro atoms. The van der Waals surface area contributed by atoms with Crippen LogP contribution in [0.4, 0.5) is 4.39 Å². The third-order valence-corrected chi connectivity index (χ3v) is 4.83. The van der Waals surface area contributed by atoms with Gasteiger partial charge in [0, 0.05) is 12.1 Å². The van der Waals surface area contributed by atoms with E-state index in [4.69, 9.17) is 10.5 Å². The van der Waals surface area contributed by atoms with E-state index in [9.17, 15) is 22.4 Å². The molecule has 0 aliphatic carbocycles. The average molecular weight is 380 g/mol. The number of hydrogen-bond acceptors (Lipinski definition) is 5. The van der Waals surface area contributed by atoms with Gasteiger partial charge in [0.15, 0.2) is 0 Å². The van der Waals surface area contributed by atoms with Crippen LogP contribution in [0.2, 0.25) is 0 Å². The molecule has 3 N–H and O–H groups in total. The molecule has 2 rings (SSSR count). The average Bonchev–Trinajstić information content (AvgIpc) is 2.60. The normalized spacial score (nSPS) is 12.3. The maximum absolute atomic E-state index is 12.8. The number of ether oxygens (including phenoxy) is 1. The number of amides is 1. The lowest BCUT2D eigenvalue weighted by molar-refractivity contribution is -0.155. The van der Waals surface area contributed by atoms with Crippen molar-refractivity contribution in [1.29, 1.82) is 0 Å². The van der Waals surface area contributed by atoms with E-state index in [0.29, 0.717) is 5.56 Å². The second kappa shape index (κ2) is 8.54. The number of nitrogens with two attached hydrogens (primary N) is 1. The Hall–Kier alpha value is -2.78. The maximum Gasteiger partial charge on any atom is 0.308 e. The zero-order valence-corrected chi connectivity index (χ0v) is 14.4. The Balaban J connectivity index is 1.91. The first kappa shape index (κ1) is 19.5. The summed E-state index contributed by atoms with van der Waals surface area (Å²) in [5.41, 5.74) is 5.66. The Labute approximate surface area is 150 Å². The lowest BCUT2D eigenvalue weighted by Crippen LogP contribution is -2.29. The Morgan fingerprint density at radius 1 is 1.08 bits per heavy atom. The van der Waals surface area contributed by atoms with Crippen molar-refractivity contribution in [2.45, 2.75) is 17.4 Å². The minimum absolute atomic E-state index is 0.133. The van der Waals surface area contributed by atoms with Gasteiger partial charge < -0.3 is 10.5 Å². The van der Waals surface area contributed by atoms with E-state index in [0.717, 1.165) is 24.3 Å². The molecule has 0 heterocycles. The molecule has 1 amide bonds. The van der Waals surface area contributed by atoms with Gasteiger partial charge in [-0.15, -0.1) is 0 Å². The monoisotopic (exact) mass is 380 g/mol. The predicted octanol–water partition coefficient (Wildman–Crippen LogP) is 1.26. The number of esters is 1. The van der Waals surface area contributed by atoms with Crippen molar-refractivity contribution < 1.29 is 27.1 Å². The van der Waals surface area contributed by atoms with Crippen LogP contribution in [-0.4, -0.2) is 26.8 Å². The number of carbonyl (C=O) groups is 2. The van der Waals surface area contributed by atoms with Crippen molar-refractivity contribution >= 4 is 21.9 Å². The highest BCUT2D eigenvalue weighted by molar-refractivity contribution is 7.89. The molecule has 26 heavy (non-hydrogen) atoms. The fourth-order valence-electron chi connectivity index (χ4n) is 2.09.